The maximum absolute atomic E-state index is 14.5. The molecule has 6 rings (SSSR count). The molecule has 1 aromatic heterocycles. The van der Waals surface area contributed by atoms with Gasteiger partial charge < -0.3 is 9.30 Å². The average Bonchev–Trinajstić information content (AvgIpc) is 3.48. The summed E-state index contributed by atoms with van der Waals surface area (Å²) in [5.74, 6) is 0.463. The lowest BCUT2D eigenvalue weighted by Gasteiger charge is -2.17. The molecular weight excluding hydrogens is 711 g/mol. The monoisotopic (exact) mass is 741 g/mol. The summed E-state index contributed by atoms with van der Waals surface area (Å²) < 4.78 is 87.4. The fraction of sp³-hybridized carbons (Fsp3) is 0.0811. The van der Waals surface area contributed by atoms with Crippen molar-refractivity contribution < 1.29 is 34.8 Å². The predicted octanol–water partition coefficient (Wildman–Crippen LogP) is 5.64. The van der Waals surface area contributed by atoms with Crippen LogP contribution in [0.3, 0.4) is 0 Å². The summed E-state index contributed by atoms with van der Waals surface area (Å²) in [4.78, 5) is 16.1. The molecule has 0 fully saturated rings. The number of aromatic nitrogens is 2. The van der Waals surface area contributed by atoms with Crippen molar-refractivity contribution in [3.05, 3.63) is 133 Å². The highest BCUT2D eigenvalue weighted by Crippen LogP contribution is 2.39. The molecule has 14 heteroatoms. The molecular formula is C37H31N3O8S3. The number of hydrogen-bond donors (Lipinski definition) is 1. The molecule has 11 nitrogen and oxygen atoms in total. The molecule has 6 aromatic rings. The molecule has 0 aliphatic heterocycles. The van der Waals surface area contributed by atoms with Crippen LogP contribution in [0.15, 0.2) is 141 Å². The Morgan fingerprint density at radius 2 is 1.20 bits per heavy atom. The van der Waals surface area contributed by atoms with Gasteiger partial charge in [0.15, 0.2) is 16.1 Å². The molecule has 0 unspecified atom stereocenters. The van der Waals surface area contributed by atoms with E-state index in [2.05, 4.69) is 4.98 Å². The number of ether oxygens (including phenoxy) is 1. The highest BCUT2D eigenvalue weighted by atomic mass is 32.2. The Bertz CT molecular complexity index is 2640. The van der Waals surface area contributed by atoms with Gasteiger partial charge in [0, 0.05) is 28.5 Å². The van der Waals surface area contributed by atoms with E-state index in [0.717, 1.165) is 6.26 Å². The Hall–Kier alpha value is -5.41. The average molecular weight is 742 g/mol. The number of carbonyl (C=O) groups is 1. The third-order valence-corrected chi connectivity index (χ3v) is 12.3. The Morgan fingerprint density at radius 1 is 0.667 bits per heavy atom. The minimum absolute atomic E-state index is 0.0753. The first kappa shape index (κ1) is 35.4. The minimum atomic E-state index is -4.36. The van der Waals surface area contributed by atoms with Crippen molar-refractivity contribution in [2.45, 2.75) is 26.1 Å². The summed E-state index contributed by atoms with van der Waals surface area (Å²) in [6.07, 6.45) is 1.64. The van der Waals surface area contributed by atoms with Gasteiger partial charge >= 0.3 is 0 Å². The summed E-state index contributed by atoms with van der Waals surface area (Å²) in [6, 6.07) is 31.6. The molecule has 0 saturated heterocycles. The van der Waals surface area contributed by atoms with Gasteiger partial charge in [-0.2, -0.15) is 4.98 Å². The number of aldehydes is 1. The number of methoxy groups -OCH3 is 1. The lowest BCUT2D eigenvalue weighted by molar-refractivity contribution is 0.111. The second-order valence-corrected chi connectivity index (χ2v) is 16.9. The van der Waals surface area contributed by atoms with Crippen LogP contribution in [0.1, 0.15) is 16.1 Å². The van der Waals surface area contributed by atoms with E-state index in [0.29, 0.717) is 28.8 Å². The smallest absolute Gasteiger partial charge is 0.243 e. The van der Waals surface area contributed by atoms with Crippen molar-refractivity contribution in [2.24, 2.45) is 5.14 Å². The molecule has 0 amide bonds. The summed E-state index contributed by atoms with van der Waals surface area (Å²) in [5, 5.41) is 5.48. The number of rotatable bonds is 11. The third-order valence-electron chi connectivity index (χ3n) is 8.25. The zero-order valence-corrected chi connectivity index (χ0v) is 29.7. The van der Waals surface area contributed by atoms with E-state index in [-0.39, 0.29) is 54.4 Å². The molecule has 260 valence electrons. The van der Waals surface area contributed by atoms with Gasteiger partial charge in [0.2, 0.25) is 25.7 Å². The van der Waals surface area contributed by atoms with Gasteiger partial charge in [0.05, 0.1) is 33.2 Å². The molecule has 0 bridgehead atoms. The molecule has 0 saturated carbocycles. The first-order valence-electron chi connectivity index (χ1n) is 15.3. The molecule has 1 heterocycles. The Morgan fingerprint density at radius 3 is 1.76 bits per heavy atom. The Balaban J connectivity index is 1.50. The zero-order valence-electron chi connectivity index (χ0n) is 27.3. The van der Waals surface area contributed by atoms with Crippen molar-refractivity contribution >= 4 is 36.0 Å². The highest BCUT2D eigenvalue weighted by molar-refractivity contribution is 7.92. The molecule has 0 spiro atoms. The van der Waals surface area contributed by atoms with Gasteiger partial charge in [-0.15, -0.1) is 0 Å². The summed E-state index contributed by atoms with van der Waals surface area (Å²) in [6.45, 7) is -0.0753. The van der Waals surface area contributed by atoms with Crippen molar-refractivity contribution in [3.63, 3.8) is 0 Å². The Kier molecular flexibility index (Phi) is 9.53. The second-order valence-electron chi connectivity index (χ2n) is 11.5. The van der Waals surface area contributed by atoms with Gasteiger partial charge in [-0.05, 0) is 35.4 Å². The summed E-state index contributed by atoms with van der Waals surface area (Å²) in [5.41, 5.74) is 1.86. The number of primary sulfonamides is 1. The van der Waals surface area contributed by atoms with Crippen molar-refractivity contribution in [3.8, 4) is 39.5 Å². The maximum Gasteiger partial charge on any atom is 0.243 e. The number of nitrogens with zero attached hydrogens (tertiary/aromatic N) is 2. The van der Waals surface area contributed by atoms with E-state index in [1.165, 1.54) is 55.6 Å². The van der Waals surface area contributed by atoms with E-state index >= 15 is 0 Å². The van der Waals surface area contributed by atoms with Gasteiger partial charge in [-0.25, -0.2) is 30.4 Å². The van der Waals surface area contributed by atoms with E-state index in [1.807, 2.05) is 6.07 Å². The molecule has 5 aromatic carbocycles. The number of hydrogen-bond acceptors (Lipinski definition) is 9. The van der Waals surface area contributed by atoms with Crippen LogP contribution in [0, 0.1) is 0 Å². The number of benzene rings is 5. The first-order valence-corrected chi connectivity index (χ1v) is 20.2. The fourth-order valence-corrected chi connectivity index (χ4v) is 9.36. The summed E-state index contributed by atoms with van der Waals surface area (Å²) >= 11 is 0. The molecule has 0 aliphatic carbocycles. The molecule has 0 radical (unpaired) electrons. The van der Waals surface area contributed by atoms with Gasteiger partial charge in [-0.3, -0.25) is 4.79 Å². The lowest BCUT2D eigenvalue weighted by Crippen LogP contribution is -2.14. The minimum Gasteiger partial charge on any atom is -0.479 e. The van der Waals surface area contributed by atoms with Crippen LogP contribution < -0.4 is 9.88 Å². The molecule has 51 heavy (non-hydrogen) atoms. The van der Waals surface area contributed by atoms with Crippen LogP contribution in [0.5, 0.6) is 5.88 Å². The SMILES string of the molecule is COc1nc(-c2ccccc2)n(Cc2ccc(-c3ccccc3S(=O)(=O)c3ccccc3-c3ccccc3S(N)(=O)=O)cc2S(C)(=O)=O)c1C=O. The van der Waals surface area contributed by atoms with Crippen LogP contribution in [0.25, 0.3) is 33.6 Å². The van der Waals surface area contributed by atoms with Crippen molar-refractivity contribution in [1.82, 2.24) is 9.55 Å². The maximum atomic E-state index is 14.5. The van der Waals surface area contributed by atoms with Crippen LogP contribution in [0.2, 0.25) is 0 Å². The Labute approximate surface area is 295 Å². The first-order chi connectivity index (χ1) is 24.3. The van der Waals surface area contributed by atoms with E-state index in [9.17, 15) is 30.0 Å². The number of sulfonamides is 1. The van der Waals surface area contributed by atoms with Crippen LogP contribution in [-0.2, 0) is 36.2 Å². The van der Waals surface area contributed by atoms with Crippen molar-refractivity contribution in [1.29, 1.82) is 0 Å². The zero-order chi connectivity index (χ0) is 36.6. The fourth-order valence-electron chi connectivity index (χ4n) is 5.96. The van der Waals surface area contributed by atoms with Gasteiger partial charge in [0.1, 0.15) is 11.5 Å². The van der Waals surface area contributed by atoms with E-state index in [1.54, 1.807) is 71.3 Å². The molecule has 0 aliphatic rings. The molecule has 0 atom stereocenters. The highest BCUT2D eigenvalue weighted by Gasteiger charge is 2.28. The molecule has 2 N–H and O–H groups in total. The normalized spacial score (nSPS) is 12.1. The van der Waals surface area contributed by atoms with E-state index < -0.39 is 29.7 Å². The van der Waals surface area contributed by atoms with Crippen LogP contribution >= 0.6 is 0 Å². The van der Waals surface area contributed by atoms with Gasteiger partial charge in [-0.1, -0.05) is 97.1 Å². The number of nitrogens with two attached hydrogens (primary N) is 1. The predicted molar refractivity (Wildman–Crippen MR) is 192 cm³/mol. The lowest BCUT2D eigenvalue weighted by atomic mass is 10.0. The summed E-state index contributed by atoms with van der Waals surface area (Å²) in [7, 11) is -11.1. The number of carbonyl (C=O) groups excluding carboxylic acids is 1. The quantitative estimate of drug-likeness (QED) is 0.165. The van der Waals surface area contributed by atoms with Crippen LogP contribution in [0.4, 0.5) is 0 Å². The third kappa shape index (κ3) is 6.86. The van der Waals surface area contributed by atoms with Crippen molar-refractivity contribution in [2.75, 3.05) is 13.4 Å². The van der Waals surface area contributed by atoms with Crippen LogP contribution in [-0.4, -0.2) is 54.5 Å². The van der Waals surface area contributed by atoms with Gasteiger partial charge in [0.25, 0.3) is 0 Å². The topological polar surface area (TPSA) is 173 Å². The second kappa shape index (κ2) is 13.7. The number of sulfone groups is 2. The standard InChI is InChI=1S/C37H31N3O8S3/c1-48-37-31(24-41)40(36(39-37)25-12-4-3-5-13-25)23-27-21-20-26(22-35(27)49(2,42)43)28-14-6-9-17-32(28)50(44,45)33-18-10-7-15-29(33)30-16-8-11-19-34(30)51(38,46)47/h3-22,24H,23H2,1-2H3,(H2,38,46,47). The van der Waals surface area contributed by atoms with E-state index in [4.69, 9.17) is 9.88 Å². The number of imidazole rings is 1. The largest absolute Gasteiger partial charge is 0.479 e.